The quantitative estimate of drug-likeness (QED) is 0.662. The van der Waals surface area contributed by atoms with E-state index in [0.29, 0.717) is 24.2 Å². The molecule has 4 rings (SSSR count). The second-order valence-electron chi connectivity index (χ2n) is 6.72. The van der Waals surface area contributed by atoms with Gasteiger partial charge < -0.3 is 14.7 Å². The first-order valence-electron chi connectivity index (χ1n) is 8.47. The standard InChI is InChI=1S/C19H18N2O5/c1-12-15-4-2-3-5-16(15)20(11-18(22)23)19(12)9-8-13-10-14(21(24)25)6-7-17(13)26-19/h2-5,8-10,12H,6-7,11H2,1H3,(H,22,23)/t12-,19-/m1/s1. The summed E-state index contributed by atoms with van der Waals surface area (Å²) < 4.78 is 6.36. The number of carboxylic acid groups (broad SMARTS) is 1. The first kappa shape index (κ1) is 16.4. The summed E-state index contributed by atoms with van der Waals surface area (Å²) >= 11 is 0. The number of rotatable bonds is 3. The van der Waals surface area contributed by atoms with Gasteiger partial charge in [0.25, 0.3) is 0 Å². The monoisotopic (exact) mass is 354 g/mol. The van der Waals surface area contributed by atoms with Crippen molar-refractivity contribution in [3.63, 3.8) is 0 Å². The van der Waals surface area contributed by atoms with Gasteiger partial charge in [-0.15, -0.1) is 0 Å². The normalized spacial score (nSPS) is 26.3. The van der Waals surface area contributed by atoms with Crippen molar-refractivity contribution in [1.82, 2.24) is 0 Å². The van der Waals surface area contributed by atoms with Crippen LogP contribution >= 0.6 is 0 Å². The van der Waals surface area contributed by atoms with Crippen molar-refractivity contribution in [2.24, 2.45) is 0 Å². The molecule has 26 heavy (non-hydrogen) atoms. The van der Waals surface area contributed by atoms with Crippen LogP contribution in [0.25, 0.3) is 0 Å². The maximum Gasteiger partial charge on any atom is 0.323 e. The minimum Gasteiger partial charge on any atom is -0.480 e. The third-order valence-corrected chi connectivity index (χ3v) is 5.30. The Balaban J connectivity index is 1.77. The van der Waals surface area contributed by atoms with E-state index in [1.807, 2.05) is 43.3 Å². The van der Waals surface area contributed by atoms with E-state index in [2.05, 4.69) is 0 Å². The molecule has 0 radical (unpaired) electrons. The van der Waals surface area contributed by atoms with Gasteiger partial charge in [0.15, 0.2) is 0 Å². The van der Waals surface area contributed by atoms with Gasteiger partial charge in [0.2, 0.25) is 11.4 Å². The molecule has 3 aliphatic rings. The maximum atomic E-state index is 11.5. The Morgan fingerprint density at radius 1 is 1.42 bits per heavy atom. The van der Waals surface area contributed by atoms with Gasteiger partial charge in [-0.05, 0) is 23.8 Å². The van der Waals surface area contributed by atoms with Crippen LogP contribution in [0.3, 0.4) is 0 Å². The fourth-order valence-electron chi connectivity index (χ4n) is 4.02. The van der Waals surface area contributed by atoms with Gasteiger partial charge in [0.1, 0.15) is 12.3 Å². The van der Waals surface area contributed by atoms with Crippen molar-refractivity contribution in [3.8, 4) is 0 Å². The highest BCUT2D eigenvalue weighted by Gasteiger charge is 2.52. The lowest BCUT2D eigenvalue weighted by atomic mass is 9.89. The van der Waals surface area contributed by atoms with E-state index in [0.717, 1.165) is 11.3 Å². The fraction of sp³-hybridized carbons (Fsp3) is 0.316. The van der Waals surface area contributed by atoms with Crippen molar-refractivity contribution < 1.29 is 19.6 Å². The molecule has 2 aliphatic heterocycles. The van der Waals surface area contributed by atoms with Gasteiger partial charge in [-0.1, -0.05) is 25.1 Å². The molecule has 7 heteroatoms. The molecule has 0 aromatic heterocycles. The van der Waals surface area contributed by atoms with E-state index in [9.17, 15) is 20.0 Å². The smallest absolute Gasteiger partial charge is 0.323 e. The van der Waals surface area contributed by atoms with Crippen LogP contribution < -0.4 is 4.90 Å². The van der Waals surface area contributed by atoms with Crippen LogP contribution in [0.15, 0.2) is 59.5 Å². The molecular weight excluding hydrogens is 336 g/mol. The largest absolute Gasteiger partial charge is 0.480 e. The summed E-state index contributed by atoms with van der Waals surface area (Å²) in [5.41, 5.74) is 1.79. The summed E-state index contributed by atoms with van der Waals surface area (Å²) in [7, 11) is 0. The molecule has 0 bridgehead atoms. The van der Waals surface area contributed by atoms with E-state index in [-0.39, 0.29) is 23.1 Å². The zero-order valence-electron chi connectivity index (χ0n) is 14.2. The SMILES string of the molecule is C[C@@H]1c2ccccc2N(CC(=O)O)[C@@]12C=CC1=C(CCC([N+](=O)[O-])=C1)O2. The van der Waals surface area contributed by atoms with E-state index >= 15 is 0 Å². The van der Waals surface area contributed by atoms with Gasteiger partial charge in [-0.25, -0.2) is 0 Å². The summed E-state index contributed by atoms with van der Waals surface area (Å²) in [6, 6.07) is 7.69. The number of hydrogen-bond donors (Lipinski definition) is 1. The van der Waals surface area contributed by atoms with E-state index in [4.69, 9.17) is 4.74 Å². The van der Waals surface area contributed by atoms with Crippen molar-refractivity contribution >= 4 is 11.7 Å². The van der Waals surface area contributed by atoms with Crippen molar-refractivity contribution in [2.75, 3.05) is 11.4 Å². The molecule has 1 aromatic rings. The van der Waals surface area contributed by atoms with Crippen LogP contribution in [0.1, 0.15) is 31.2 Å². The zero-order valence-corrected chi connectivity index (χ0v) is 14.2. The number of benzene rings is 1. The third kappa shape index (κ3) is 2.31. The van der Waals surface area contributed by atoms with E-state index in [1.54, 1.807) is 4.90 Å². The average Bonchev–Trinajstić information content (AvgIpc) is 2.84. The molecule has 1 aromatic carbocycles. The van der Waals surface area contributed by atoms with Gasteiger partial charge in [0.05, 0.1) is 4.92 Å². The molecule has 2 atom stereocenters. The predicted octanol–water partition coefficient (Wildman–Crippen LogP) is 3.19. The first-order valence-corrected chi connectivity index (χ1v) is 8.47. The number of para-hydroxylation sites is 1. The van der Waals surface area contributed by atoms with Gasteiger partial charge in [0, 0.05) is 36.1 Å². The number of aliphatic carboxylic acids is 1. The molecule has 7 nitrogen and oxygen atoms in total. The maximum absolute atomic E-state index is 11.5. The molecule has 134 valence electrons. The number of hydrogen-bond acceptors (Lipinski definition) is 5. The molecule has 0 unspecified atom stereocenters. The highest BCUT2D eigenvalue weighted by Crippen LogP contribution is 2.52. The van der Waals surface area contributed by atoms with Crippen LogP contribution in [-0.4, -0.2) is 28.3 Å². The predicted molar refractivity (Wildman–Crippen MR) is 94.1 cm³/mol. The summed E-state index contributed by atoms with van der Waals surface area (Å²) in [6.07, 6.45) is 5.92. The Hall–Kier alpha value is -3.09. The topological polar surface area (TPSA) is 92.9 Å². The number of anilines is 1. The number of allylic oxidation sites excluding steroid dienone is 5. The van der Waals surface area contributed by atoms with E-state index < -0.39 is 11.7 Å². The molecule has 0 fully saturated rings. The highest BCUT2D eigenvalue weighted by atomic mass is 16.6. The molecule has 2 heterocycles. The lowest BCUT2D eigenvalue weighted by Gasteiger charge is -2.43. The van der Waals surface area contributed by atoms with Gasteiger partial charge >= 0.3 is 5.97 Å². The summed E-state index contributed by atoms with van der Waals surface area (Å²) in [6.45, 7) is 1.82. The Bertz CT molecular complexity index is 901. The second-order valence-corrected chi connectivity index (χ2v) is 6.72. The summed E-state index contributed by atoms with van der Waals surface area (Å²) in [5.74, 6) is -0.346. The van der Waals surface area contributed by atoms with Crippen LogP contribution in [0.4, 0.5) is 5.69 Å². The van der Waals surface area contributed by atoms with Crippen molar-refractivity contribution in [2.45, 2.75) is 31.4 Å². The Morgan fingerprint density at radius 3 is 2.92 bits per heavy atom. The number of carbonyl (C=O) groups is 1. The van der Waals surface area contributed by atoms with Gasteiger partial charge in [-0.2, -0.15) is 0 Å². The Labute approximate surface area is 150 Å². The molecule has 0 saturated carbocycles. The highest BCUT2D eigenvalue weighted by molar-refractivity contribution is 5.78. The van der Waals surface area contributed by atoms with E-state index in [1.165, 1.54) is 6.08 Å². The zero-order chi connectivity index (χ0) is 18.5. The van der Waals surface area contributed by atoms with Crippen LogP contribution in [0.2, 0.25) is 0 Å². The molecule has 1 N–H and O–H groups in total. The lowest BCUT2D eigenvalue weighted by Crippen LogP contribution is -2.52. The number of carboxylic acids is 1. The van der Waals surface area contributed by atoms with Crippen LogP contribution in [0, 0.1) is 10.1 Å². The second kappa shape index (κ2) is 5.72. The number of nitro groups is 1. The molecule has 1 aliphatic carbocycles. The number of ether oxygens (including phenoxy) is 1. The van der Waals surface area contributed by atoms with Gasteiger partial charge in [-0.3, -0.25) is 14.9 Å². The Morgan fingerprint density at radius 2 is 2.19 bits per heavy atom. The van der Waals surface area contributed by atoms with Crippen molar-refractivity contribution in [3.05, 3.63) is 75.2 Å². The molecular formula is C19H18N2O5. The van der Waals surface area contributed by atoms with Crippen molar-refractivity contribution in [1.29, 1.82) is 0 Å². The first-order chi connectivity index (χ1) is 12.4. The average molecular weight is 354 g/mol. The molecule has 0 amide bonds. The lowest BCUT2D eigenvalue weighted by molar-refractivity contribution is -0.428. The summed E-state index contributed by atoms with van der Waals surface area (Å²) in [4.78, 5) is 23.9. The van der Waals surface area contributed by atoms with Crippen LogP contribution in [0.5, 0.6) is 0 Å². The minimum atomic E-state index is -0.941. The van der Waals surface area contributed by atoms with Crippen LogP contribution in [-0.2, 0) is 9.53 Å². The minimum absolute atomic E-state index is 0.0794. The fourth-order valence-corrected chi connectivity index (χ4v) is 4.02. The molecule has 0 saturated heterocycles. The molecule has 1 spiro atoms. The number of nitrogens with zero attached hydrogens (tertiary/aromatic N) is 2. The summed E-state index contributed by atoms with van der Waals surface area (Å²) in [5, 5.41) is 20.4. The third-order valence-electron chi connectivity index (χ3n) is 5.30. The number of fused-ring (bicyclic) bond motifs is 1. The Kier molecular flexibility index (Phi) is 3.61.